The van der Waals surface area contributed by atoms with Crippen LogP contribution in [0.5, 0.6) is 0 Å². The molecule has 2 aromatic rings. The molecule has 0 saturated carbocycles. The van der Waals surface area contributed by atoms with Gasteiger partial charge in [0.05, 0.1) is 17.3 Å². The lowest BCUT2D eigenvalue weighted by Gasteiger charge is -2.46. The molecule has 0 radical (unpaired) electrons. The fourth-order valence-electron chi connectivity index (χ4n) is 4.84. The number of halogens is 1. The highest BCUT2D eigenvalue weighted by Gasteiger charge is 2.52. The Morgan fingerprint density at radius 3 is 2.37 bits per heavy atom. The van der Waals surface area contributed by atoms with Gasteiger partial charge < -0.3 is 9.80 Å². The Morgan fingerprint density at radius 2 is 1.73 bits per heavy atom. The summed E-state index contributed by atoms with van der Waals surface area (Å²) in [6.07, 6.45) is 1.90. The molecule has 1 atom stereocenters. The summed E-state index contributed by atoms with van der Waals surface area (Å²) in [5, 5.41) is 3.61. The van der Waals surface area contributed by atoms with Crippen molar-refractivity contribution < 1.29 is 14.0 Å². The van der Waals surface area contributed by atoms with Crippen molar-refractivity contribution in [2.75, 3.05) is 13.1 Å². The van der Waals surface area contributed by atoms with Crippen LogP contribution in [0.3, 0.4) is 0 Å². The second-order valence-electron chi connectivity index (χ2n) is 8.49. The molecule has 0 bridgehead atoms. The zero-order valence-electron chi connectivity index (χ0n) is 17.5. The Morgan fingerprint density at radius 1 is 1.10 bits per heavy atom. The SMILES string of the molecule is CC(C)N1C(=O)[C@@H](Cc2ccccc2)NC12CCN(C(=O)c1ccccc1F)CC2. The predicted octanol–water partition coefficient (Wildman–Crippen LogP) is 3.21. The van der Waals surface area contributed by atoms with Gasteiger partial charge in [-0.3, -0.25) is 14.9 Å². The van der Waals surface area contributed by atoms with Gasteiger partial charge in [0.15, 0.2) is 0 Å². The lowest BCUT2D eigenvalue weighted by Crippen LogP contribution is -2.61. The normalized spacial score (nSPS) is 20.9. The number of hydrogen-bond donors (Lipinski definition) is 1. The number of rotatable bonds is 4. The first-order chi connectivity index (χ1) is 14.4. The molecule has 2 aromatic carbocycles. The largest absolute Gasteiger partial charge is 0.338 e. The average Bonchev–Trinajstić information content (AvgIpc) is 3.00. The van der Waals surface area contributed by atoms with E-state index in [2.05, 4.69) is 5.32 Å². The lowest BCUT2D eigenvalue weighted by atomic mass is 9.94. The van der Waals surface area contributed by atoms with Crippen LogP contribution in [0, 0.1) is 5.82 Å². The molecule has 30 heavy (non-hydrogen) atoms. The van der Waals surface area contributed by atoms with Crippen LogP contribution in [0.25, 0.3) is 0 Å². The van der Waals surface area contributed by atoms with Crippen LogP contribution in [0.4, 0.5) is 4.39 Å². The molecule has 2 fully saturated rings. The van der Waals surface area contributed by atoms with E-state index in [1.54, 1.807) is 17.0 Å². The monoisotopic (exact) mass is 409 g/mol. The van der Waals surface area contributed by atoms with Crippen LogP contribution < -0.4 is 5.32 Å². The molecule has 2 heterocycles. The summed E-state index contributed by atoms with van der Waals surface area (Å²) in [4.78, 5) is 29.7. The summed E-state index contributed by atoms with van der Waals surface area (Å²) >= 11 is 0. The smallest absolute Gasteiger partial charge is 0.256 e. The van der Waals surface area contributed by atoms with Crippen LogP contribution >= 0.6 is 0 Å². The molecule has 2 aliphatic rings. The van der Waals surface area contributed by atoms with E-state index in [-0.39, 0.29) is 29.5 Å². The average molecular weight is 410 g/mol. The first-order valence-corrected chi connectivity index (χ1v) is 10.6. The zero-order chi connectivity index (χ0) is 21.3. The van der Waals surface area contributed by atoms with Gasteiger partial charge in [-0.05, 0) is 38.0 Å². The van der Waals surface area contributed by atoms with Crippen LogP contribution in [0.2, 0.25) is 0 Å². The Kier molecular flexibility index (Phi) is 5.60. The van der Waals surface area contributed by atoms with Gasteiger partial charge in [0.1, 0.15) is 5.82 Å². The van der Waals surface area contributed by atoms with Crippen molar-refractivity contribution in [3.63, 3.8) is 0 Å². The number of benzene rings is 2. The highest BCUT2D eigenvalue weighted by molar-refractivity contribution is 5.94. The third-order valence-corrected chi connectivity index (χ3v) is 6.22. The van der Waals surface area contributed by atoms with E-state index in [0.29, 0.717) is 32.4 Å². The van der Waals surface area contributed by atoms with E-state index in [0.717, 1.165) is 5.56 Å². The van der Waals surface area contributed by atoms with E-state index < -0.39 is 11.5 Å². The summed E-state index contributed by atoms with van der Waals surface area (Å²) in [6.45, 7) is 5.02. The number of amides is 2. The molecule has 1 N–H and O–H groups in total. The van der Waals surface area contributed by atoms with E-state index >= 15 is 0 Å². The summed E-state index contributed by atoms with van der Waals surface area (Å²) in [7, 11) is 0. The Bertz CT molecular complexity index is 923. The third kappa shape index (κ3) is 3.72. The number of carbonyl (C=O) groups excluding carboxylic acids is 2. The number of piperidine rings is 1. The Labute approximate surface area is 176 Å². The lowest BCUT2D eigenvalue weighted by molar-refractivity contribution is -0.135. The highest BCUT2D eigenvalue weighted by Crippen LogP contribution is 2.35. The van der Waals surface area contributed by atoms with Gasteiger partial charge in [0.25, 0.3) is 5.91 Å². The molecule has 2 saturated heterocycles. The number of hydrogen-bond acceptors (Lipinski definition) is 3. The van der Waals surface area contributed by atoms with Crippen molar-refractivity contribution in [1.29, 1.82) is 0 Å². The molecular weight excluding hydrogens is 381 g/mol. The number of nitrogens with one attached hydrogen (secondary N) is 1. The van der Waals surface area contributed by atoms with Gasteiger partial charge in [-0.15, -0.1) is 0 Å². The molecule has 0 aliphatic carbocycles. The Balaban J connectivity index is 1.50. The predicted molar refractivity (Wildman–Crippen MR) is 113 cm³/mol. The minimum Gasteiger partial charge on any atom is -0.338 e. The molecule has 6 heteroatoms. The van der Waals surface area contributed by atoms with Gasteiger partial charge >= 0.3 is 0 Å². The molecule has 2 amide bonds. The second-order valence-corrected chi connectivity index (χ2v) is 8.49. The van der Waals surface area contributed by atoms with Crippen LogP contribution in [0.1, 0.15) is 42.6 Å². The topological polar surface area (TPSA) is 52.7 Å². The van der Waals surface area contributed by atoms with Crippen LogP contribution in [-0.2, 0) is 11.2 Å². The van der Waals surface area contributed by atoms with Crippen molar-refractivity contribution in [3.8, 4) is 0 Å². The molecule has 1 spiro atoms. The molecular formula is C24H28FN3O2. The maximum absolute atomic E-state index is 14.1. The van der Waals surface area contributed by atoms with E-state index in [1.165, 1.54) is 12.1 Å². The minimum atomic E-state index is -0.497. The van der Waals surface area contributed by atoms with Crippen molar-refractivity contribution in [1.82, 2.24) is 15.1 Å². The van der Waals surface area contributed by atoms with Gasteiger partial charge in [0.2, 0.25) is 5.91 Å². The maximum Gasteiger partial charge on any atom is 0.256 e. The van der Waals surface area contributed by atoms with Gasteiger partial charge in [0, 0.05) is 32.0 Å². The number of carbonyl (C=O) groups is 2. The molecule has 158 valence electrons. The number of nitrogens with zero attached hydrogens (tertiary/aromatic N) is 2. The fraction of sp³-hybridized carbons (Fsp3) is 0.417. The van der Waals surface area contributed by atoms with Crippen molar-refractivity contribution in [2.45, 2.75) is 50.9 Å². The van der Waals surface area contributed by atoms with Crippen molar-refractivity contribution in [3.05, 3.63) is 71.5 Å². The zero-order valence-corrected chi connectivity index (χ0v) is 17.5. The highest BCUT2D eigenvalue weighted by atomic mass is 19.1. The first kappa shape index (κ1) is 20.5. The second kappa shape index (κ2) is 8.19. The van der Waals surface area contributed by atoms with Crippen molar-refractivity contribution in [2.24, 2.45) is 0 Å². The standard InChI is InChI=1S/C24H28FN3O2/c1-17(2)28-23(30)21(16-18-8-4-3-5-9-18)26-24(28)12-14-27(15-13-24)22(29)19-10-6-7-11-20(19)25/h3-11,17,21,26H,12-16H2,1-2H3/t21-/m1/s1. The first-order valence-electron chi connectivity index (χ1n) is 10.6. The summed E-state index contributed by atoms with van der Waals surface area (Å²) < 4.78 is 14.1. The van der Waals surface area contributed by atoms with Gasteiger partial charge in [-0.25, -0.2) is 4.39 Å². The van der Waals surface area contributed by atoms with Gasteiger partial charge in [-0.2, -0.15) is 0 Å². The molecule has 5 nitrogen and oxygen atoms in total. The molecule has 0 unspecified atom stereocenters. The summed E-state index contributed by atoms with van der Waals surface area (Å²) in [6, 6.07) is 15.9. The Hall–Kier alpha value is -2.73. The summed E-state index contributed by atoms with van der Waals surface area (Å²) in [5.41, 5.74) is 0.763. The van der Waals surface area contributed by atoms with E-state index in [4.69, 9.17) is 0 Å². The van der Waals surface area contributed by atoms with Crippen LogP contribution in [-0.4, -0.2) is 52.5 Å². The van der Waals surface area contributed by atoms with Crippen LogP contribution in [0.15, 0.2) is 54.6 Å². The summed E-state index contributed by atoms with van der Waals surface area (Å²) in [5.74, 6) is -0.671. The van der Waals surface area contributed by atoms with E-state index in [1.807, 2.05) is 49.1 Å². The molecule has 0 aromatic heterocycles. The number of likely N-dealkylation sites (tertiary alicyclic amines) is 1. The fourth-order valence-corrected chi connectivity index (χ4v) is 4.84. The maximum atomic E-state index is 14.1. The minimum absolute atomic E-state index is 0.0552. The van der Waals surface area contributed by atoms with E-state index in [9.17, 15) is 14.0 Å². The molecule has 4 rings (SSSR count). The molecule has 2 aliphatic heterocycles. The van der Waals surface area contributed by atoms with Gasteiger partial charge in [-0.1, -0.05) is 42.5 Å². The van der Waals surface area contributed by atoms with Crippen molar-refractivity contribution >= 4 is 11.8 Å². The quantitative estimate of drug-likeness (QED) is 0.844. The third-order valence-electron chi connectivity index (χ3n) is 6.22.